The maximum atomic E-state index is 13.8. The topological polar surface area (TPSA) is 30.0 Å². The summed E-state index contributed by atoms with van der Waals surface area (Å²) in [5.74, 6) is -2.08. The molecule has 1 amide bonds. The average molecular weight is 583 g/mol. The fraction of sp³-hybridized carbons (Fsp3) is 0.250. The Hall–Kier alpha value is -1.61. The molecule has 1 aromatic heterocycles. The van der Waals surface area contributed by atoms with Gasteiger partial charge in [-0.25, -0.2) is 9.78 Å². The molecule has 0 fully saturated rings. The van der Waals surface area contributed by atoms with Gasteiger partial charge in [-0.2, -0.15) is 13.2 Å². The normalized spacial score (nSPS) is 13.4. The molecule has 0 N–H and O–H groups in total. The lowest BCUT2D eigenvalue weighted by molar-refractivity contribution is -0.821. The standard InChI is InChI=1S/C24H20Cl4F3N2OS/c1-13-8-14(4-6-17(13)22(34)33(2,3)12-16-11-32-23(28)35-16)5-7-18(24(29,30)31)15-9-19(25)21(27)20(26)10-15/h4-11,18H,12H2,1-3H3/q+1/b7-5+. The van der Waals surface area contributed by atoms with Crippen molar-refractivity contribution in [1.29, 1.82) is 0 Å². The summed E-state index contributed by atoms with van der Waals surface area (Å²) in [5, 5.41) is -0.119. The summed E-state index contributed by atoms with van der Waals surface area (Å²) in [5.41, 5.74) is 1.51. The Morgan fingerprint density at radius 1 is 1.11 bits per heavy atom. The zero-order chi connectivity index (χ0) is 26.1. The van der Waals surface area contributed by atoms with Gasteiger partial charge in [-0.05, 0) is 41.8 Å². The Bertz CT molecular complexity index is 1270. The lowest BCUT2D eigenvalue weighted by Crippen LogP contribution is -2.44. The molecular weight excluding hydrogens is 563 g/mol. The number of aryl methyl sites for hydroxylation is 1. The second-order valence-corrected chi connectivity index (χ2v) is 11.4. The minimum atomic E-state index is -4.58. The Balaban J connectivity index is 1.86. The maximum Gasteiger partial charge on any atom is 0.399 e. The van der Waals surface area contributed by atoms with Crippen LogP contribution in [0, 0.1) is 6.92 Å². The molecule has 3 aromatic rings. The summed E-state index contributed by atoms with van der Waals surface area (Å²) in [7, 11) is 3.55. The summed E-state index contributed by atoms with van der Waals surface area (Å²) in [4.78, 5) is 18.1. The lowest BCUT2D eigenvalue weighted by Gasteiger charge is -2.26. The van der Waals surface area contributed by atoms with E-state index in [2.05, 4.69) is 4.98 Å². The minimum absolute atomic E-state index is 0.00219. The van der Waals surface area contributed by atoms with Gasteiger partial charge in [0.05, 0.1) is 45.5 Å². The highest BCUT2D eigenvalue weighted by Crippen LogP contribution is 2.41. The number of nitrogens with zero attached hydrogens (tertiary/aromatic N) is 2. The van der Waals surface area contributed by atoms with Crippen molar-refractivity contribution in [2.24, 2.45) is 0 Å². The summed E-state index contributed by atoms with van der Waals surface area (Å²) in [6.07, 6.45) is -0.559. The Morgan fingerprint density at radius 3 is 2.26 bits per heavy atom. The van der Waals surface area contributed by atoms with Gasteiger partial charge in [-0.3, -0.25) is 4.48 Å². The molecule has 0 spiro atoms. The van der Waals surface area contributed by atoms with E-state index in [-0.39, 0.29) is 31.0 Å². The van der Waals surface area contributed by atoms with Crippen LogP contribution in [-0.4, -0.2) is 35.6 Å². The molecule has 11 heteroatoms. The number of carbonyl (C=O) groups is 1. The van der Waals surface area contributed by atoms with E-state index < -0.39 is 12.1 Å². The molecule has 1 heterocycles. The number of benzene rings is 2. The number of alkyl halides is 3. The van der Waals surface area contributed by atoms with Crippen molar-refractivity contribution in [1.82, 2.24) is 4.98 Å². The van der Waals surface area contributed by atoms with E-state index in [0.29, 0.717) is 27.7 Å². The molecule has 0 radical (unpaired) electrons. The molecule has 186 valence electrons. The van der Waals surface area contributed by atoms with Crippen molar-refractivity contribution in [3.8, 4) is 0 Å². The summed E-state index contributed by atoms with van der Waals surface area (Å²) < 4.78 is 41.8. The Kier molecular flexibility index (Phi) is 8.62. The first kappa shape index (κ1) is 28.0. The van der Waals surface area contributed by atoms with E-state index in [0.717, 1.165) is 23.1 Å². The van der Waals surface area contributed by atoms with Crippen molar-refractivity contribution in [2.45, 2.75) is 25.6 Å². The monoisotopic (exact) mass is 581 g/mol. The van der Waals surface area contributed by atoms with Crippen LogP contribution in [0.25, 0.3) is 6.08 Å². The van der Waals surface area contributed by atoms with Gasteiger partial charge in [0.25, 0.3) is 0 Å². The first-order valence-corrected chi connectivity index (χ1v) is 12.5. The molecule has 35 heavy (non-hydrogen) atoms. The number of hydrogen-bond acceptors (Lipinski definition) is 3. The van der Waals surface area contributed by atoms with Crippen LogP contribution in [0.2, 0.25) is 19.5 Å². The smallest absolute Gasteiger partial charge is 0.256 e. The van der Waals surface area contributed by atoms with E-state index in [1.165, 1.54) is 17.4 Å². The van der Waals surface area contributed by atoms with Gasteiger partial charge in [0.15, 0.2) is 4.47 Å². The van der Waals surface area contributed by atoms with Crippen LogP contribution in [0.4, 0.5) is 13.2 Å². The van der Waals surface area contributed by atoms with E-state index in [1.54, 1.807) is 45.4 Å². The molecule has 3 nitrogen and oxygen atoms in total. The molecule has 0 aliphatic rings. The van der Waals surface area contributed by atoms with Gasteiger partial charge in [0, 0.05) is 6.20 Å². The van der Waals surface area contributed by atoms with E-state index >= 15 is 0 Å². The fourth-order valence-electron chi connectivity index (χ4n) is 3.55. The zero-order valence-corrected chi connectivity index (χ0v) is 22.6. The van der Waals surface area contributed by atoms with Gasteiger partial charge >= 0.3 is 12.1 Å². The number of hydrogen-bond donors (Lipinski definition) is 0. The summed E-state index contributed by atoms with van der Waals surface area (Å²) in [6, 6.07) is 7.21. The number of carbonyl (C=O) groups excluding carboxylic acids is 1. The van der Waals surface area contributed by atoms with Crippen LogP contribution in [-0.2, 0) is 6.54 Å². The number of rotatable bonds is 6. The maximum absolute atomic E-state index is 13.8. The number of halogens is 7. The highest BCUT2D eigenvalue weighted by molar-refractivity contribution is 7.15. The summed E-state index contributed by atoms with van der Waals surface area (Å²) in [6.45, 7) is 2.15. The van der Waals surface area contributed by atoms with Crippen molar-refractivity contribution in [2.75, 3.05) is 14.1 Å². The number of amides is 1. The summed E-state index contributed by atoms with van der Waals surface area (Å²) >= 11 is 24.9. The van der Waals surface area contributed by atoms with Crippen LogP contribution in [0.3, 0.4) is 0 Å². The fourth-order valence-corrected chi connectivity index (χ4v) is 5.32. The van der Waals surface area contributed by atoms with Crippen LogP contribution in [0.5, 0.6) is 0 Å². The van der Waals surface area contributed by atoms with Crippen molar-refractivity contribution < 1.29 is 22.4 Å². The highest BCUT2D eigenvalue weighted by Gasteiger charge is 2.39. The molecule has 1 atom stereocenters. The molecule has 2 aromatic carbocycles. The second kappa shape index (κ2) is 10.8. The van der Waals surface area contributed by atoms with Gasteiger partial charge in [0.2, 0.25) is 0 Å². The predicted molar refractivity (Wildman–Crippen MR) is 138 cm³/mol. The first-order chi connectivity index (χ1) is 16.2. The number of quaternary nitrogens is 1. The van der Waals surface area contributed by atoms with Crippen molar-refractivity contribution in [3.63, 3.8) is 0 Å². The number of allylic oxidation sites excluding steroid dienone is 1. The molecule has 0 bridgehead atoms. The predicted octanol–water partition coefficient (Wildman–Crippen LogP) is 8.84. The first-order valence-electron chi connectivity index (χ1n) is 10.2. The van der Waals surface area contributed by atoms with Gasteiger partial charge in [-0.15, -0.1) is 11.3 Å². The third-order valence-electron chi connectivity index (χ3n) is 5.31. The van der Waals surface area contributed by atoms with E-state index in [4.69, 9.17) is 46.4 Å². The largest absolute Gasteiger partial charge is 0.399 e. The van der Waals surface area contributed by atoms with Crippen LogP contribution >= 0.6 is 57.7 Å². The van der Waals surface area contributed by atoms with Crippen LogP contribution in [0.15, 0.2) is 42.6 Å². The Labute approximate surface area is 225 Å². The van der Waals surface area contributed by atoms with Crippen molar-refractivity contribution in [3.05, 3.63) is 89.3 Å². The Morgan fingerprint density at radius 2 is 1.74 bits per heavy atom. The van der Waals surface area contributed by atoms with E-state index in [9.17, 15) is 18.0 Å². The lowest BCUT2D eigenvalue weighted by atomic mass is 9.96. The minimum Gasteiger partial charge on any atom is -0.256 e. The molecule has 1 unspecified atom stereocenters. The van der Waals surface area contributed by atoms with E-state index in [1.807, 2.05) is 0 Å². The third kappa shape index (κ3) is 6.79. The molecule has 0 aliphatic heterocycles. The van der Waals surface area contributed by atoms with Crippen LogP contribution < -0.4 is 0 Å². The average Bonchev–Trinajstić information content (AvgIpc) is 3.14. The molecular formula is C24H20Cl4F3N2OS+. The second-order valence-electron chi connectivity index (χ2n) is 8.48. The van der Waals surface area contributed by atoms with Gasteiger partial charge in [-0.1, -0.05) is 70.7 Å². The number of thiazole rings is 1. The zero-order valence-electron chi connectivity index (χ0n) is 18.8. The number of aromatic nitrogens is 1. The van der Waals surface area contributed by atoms with Crippen molar-refractivity contribution >= 4 is 69.7 Å². The molecule has 0 aliphatic carbocycles. The third-order valence-corrected chi connectivity index (χ3v) is 7.60. The molecule has 3 rings (SSSR count). The quantitative estimate of drug-likeness (QED) is 0.215. The van der Waals surface area contributed by atoms with Gasteiger partial charge < -0.3 is 0 Å². The SMILES string of the molecule is Cc1cc(/C=C/C(c2cc(Cl)c(Cl)c(Cl)c2)C(F)(F)F)ccc1C(=O)[N+](C)(C)Cc1cnc(Cl)s1. The highest BCUT2D eigenvalue weighted by atomic mass is 35.5. The van der Waals surface area contributed by atoms with Crippen LogP contribution in [0.1, 0.15) is 37.8 Å². The van der Waals surface area contributed by atoms with Gasteiger partial charge in [0.1, 0.15) is 6.54 Å². The molecule has 0 saturated carbocycles. The molecule has 0 saturated heterocycles.